The molecule has 12 heavy (non-hydrogen) atoms. The lowest BCUT2D eigenvalue weighted by Crippen LogP contribution is -1.97. The average Bonchev–Trinajstić information content (AvgIpc) is 2.15. The number of benzene rings is 1. The molecule has 0 aliphatic carbocycles. The summed E-state index contributed by atoms with van der Waals surface area (Å²) in [5, 5.41) is 0. The summed E-state index contributed by atoms with van der Waals surface area (Å²) >= 11 is 0. The molecule has 0 bridgehead atoms. The van der Waals surface area contributed by atoms with Crippen LogP contribution in [-0.4, -0.2) is 0 Å². The van der Waals surface area contributed by atoms with Crippen LogP contribution in [0.1, 0.15) is 25.0 Å². The van der Waals surface area contributed by atoms with E-state index in [1.807, 2.05) is 18.2 Å². The van der Waals surface area contributed by atoms with E-state index < -0.39 is 0 Å². The van der Waals surface area contributed by atoms with E-state index in [4.69, 9.17) is 4.74 Å². The molecule has 1 nitrogen and oxygen atoms in total. The van der Waals surface area contributed by atoms with Gasteiger partial charge >= 0.3 is 0 Å². The Kier molecular flexibility index (Phi) is 3.39. The van der Waals surface area contributed by atoms with Crippen LogP contribution in [0.5, 0.6) is 0 Å². The van der Waals surface area contributed by atoms with E-state index in [9.17, 15) is 0 Å². The molecule has 0 saturated carbocycles. The van der Waals surface area contributed by atoms with Crippen molar-refractivity contribution in [3.8, 4) is 0 Å². The monoisotopic (exact) mass is 162 g/mol. The Labute approximate surface area is 73.7 Å². The molecule has 1 atom stereocenters. The predicted octanol–water partition coefficient (Wildman–Crippen LogP) is 3.30. The predicted molar refractivity (Wildman–Crippen MR) is 50.8 cm³/mol. The van der Waals surface area contributed by atoms with Crippen molar-refractivity contribution in [2.75, 3.05) is 0 Å². The molecular formula is C11H14O. The van der Waals surface area contributed by atoms with Gasteiger partial charge in [0, 0.05) is 0 Å². The summed E-state index contributed by atoms with van der Waals surface area (Å²) in [5.74, 6) is 0. The smallest absolute Gasteiger partial charge is 0.123 e. The third kappa shape index (κ3) is 2.12. The fourth-order valence-corrected chi connectivity index (χ4v) is 1.19. The molecule has 0 spiro atoms. The number of hydrogen-bond donors (Lipinski definition) is 0. The number of rotatable bonds is 4. The first-order valence-electron chi connectivity index (χ1n) is 4.19. The van der Waals surface area contributed by atoms with Gasteiger partial charge in [-0.15, -0.1) is 0 Å². The summed E-state index contributed by atoms with van der Waals surface area (Å²) in [6.07, 6.45) is 2.63. The zero-order valence-electron chi connectivity index (χ0n) is 7.36. The van der Waals surface area contributed by atoms with Crippen molar-refractivity contribution in [2.24, 2.45) is 0 Å². The Morgan fingerprint density at radius 3 is 2.58 bits per heavy atom. The van der Waals surface area contributed by atoms with Gasteiger partial charge in [-0.3, -0.25) is 0 Å². The van der Waals surface area contributed by atoms with Crippen LogP contribution >= 0.6 is 0 Å². The van der Waals surface area contributed by atoms with Gasteiger partial charge in [0.25, 0.3) is 0 Å². The van der Waals surface area contributed by atoms with Crippen molar-refractivity contribution in [1.82, 2.24) is 0 Å². The van der Waals surface area contributed by atoms with Gasteiger partial charge in [0.2, 0.25) is 0 Å². The van der Waals surface area contributed by atoms with Crippen molar-refractivity contribution < 1.29 is 4.74 Å². The second-order valence-electron chi connectivity index (χ2n) is 2.61. The van der Waals surface area contributed by atoms with Crippen LogP contribution in [-0.2, 0) is 4.74 Å². The van der Waals surface area contributed by atoms with E-state index >= 15 is 0 Å². The second-order valence-corrected chi connectivity index (χ2v) is 2.61. The summed E-state index contributed by atoms with van der Waals surface area (Å²) in [6, 6.07) is 10.2. The summed E-state index contributed by atoms with van der Waals surface area (Å²) in [4.78, 5) is 0. The Hall–Kier alpha value is -1.24. The molecule has 1 unspecified atom stereocenters. The molecule has 1 rings (SSSR count). The molecule has 0 aliphatic rings. The molecular weight excluding hydrogens is 148 g/mol. The first kappa shape index (κ1) is 8.85. The molecule has 0 radical (unpaired) electrons. The van der Waals surface area contributed by atoms with Crippen molar-refractivity contribution >= 4 is 0 Å². The van der Waals surface area contributed by atoms with Gasteiger partial charge in [-0.05, 0) is 12.0 Å². The van der Waals surface area contributed by atoms with Gasteiger partial charge in [0.05, 0.1) is 6.26 Å². The maximum atomic E-state index is 5.34. The average molecular weight is 162 g/mol. The van der Waals surface area contributed by atoms with Crippen LogP contribution in [0, 0.1) is 0 Å². The van der Waals surface area contributed by atoms with Crippen LogP contribution in [0.25, 0.3) is 0 Å². The first-order valence-corrected chi connectivity index (χ1v) is 4.19. The first-order chi connectivity index (χ1) is 5.88. The molecule has 0 aliphatic heterocycles. The Morgan fingerprint density at radius 2 is 2.08 bits per heavy atom. The van der Waals surface area contributed by atoms with E-state index in [0.29, 0.717) is 0 Å². The largest absolute Gasteiger partial charge is 0.494 e. The molecule has 0 heterocycles. The van der Waals surface area contributed by atoms with Crippen LogP contribution < -0.4 is 0 Å². The zero-order valence-corrected chi connectivity index (χ0v) is 7.36. The van der Waals surface area contributed by atoms with E-state index in [2.05, 4.69) is 25.6 Å². The quantitative estimate of drug-likeness (QED) is 0.617. The maximum absolute atomic E-state index is 5.34. The SMILES string of the molecule is C=COC(CC)c1ccccc1. The van der Waals surface area contributed by atoms with Crippen molar-refractivity contribution in [2.45, 2.75) is 19.4 Å². The minimum Gasteiger partial charge on any atom is -0.494 e. The Bertz CT molecular complexity index is 228. The maximum Gasteiger partial charge on any atom is 0.123 e. The van der Waals surface area contributed by atoms with E-state index in [1.54, 1.807) is 0 Å². The molecule has 0 amide bonds. The molecule has 64 valence electrons. The van der Waals surface area contributed by atoms with E-state index in [1.165, 1.54) is 11.8 Å². The highest BCUT2D eigenvalue weighted by molar-refractivity contribution is 5.17. The Balaban J connectivity index is 2.72. The summed E-state index contributed by atoms with van der Waals surface area (Å²) < 4.78 is 5.34. The standard InChI is InChI=1S/C11H14O/c1-3-11(12-4-2)10-8-6-5-7-9-10/h4-9,11H,2-3H2,1H3. The van der Waals surface area contributed by atoms with E-state index in [-0.39, 0.29) is 6.10 Å². The van der Waals surface area contributed by atoms with Gasteiger partial charge in [-0.25, -0.2) is 0 Å². The number of ether oxygens (including phenoxy) is 1. The van der Waals surface area contributed by atoms with Crippen LogP contribution in [0.3, 0.4) is 0 Å². The summed E-state index contributed by atoms with van der Waals surface area (Å²) in [5.41, 5.74) is 1.21. The third-order valence-electron chi connectivity index (χ3n) is 1.80. The van der Waals surface area contributed by atoms with Gasteiger partial charge in [0.15, 0.2) is 0 Å². The minimum atomic E-state index is 0.156. The van der Waals surface area contributed by atoms with Gasteiger partial charge in [-0.1, -0.05) is 43.8 Å². The fourth-order valence-electron chi connectivity index (χ4n) is 1.19. The lowest BCUT2D eigenvalue weighted by Gasteiger charge is -2.13. The topological polar surface area (TPSA) is 9.23 Å². The normalized spacial score (nSPS) is 12.1. The lowest BCUT2D eigenvalue weighted by atomic mass is 10.1. The fraction of sp³-hybridized carbons (Fsp3) is 0.273. The molecule has 1 aromatic carbocycles. The van der Waals surface area contributed by atoms with Crippen LogP contribution in [0.4, 0.5) is 0 Å². The van der Waals surface area contributed by atoms with Crippen molar-refractivity contribution in [3.05, 3.63) is 48.7 Å². The molecule has 0 N–H and O–H groups in total. The van der Waals surface area contributed by atoms with Gasteiger partial charge in [-0.2, -0.15) is 0 Å². The third-order valence-corrected chi connectivity index (χ3v) is 1.80. The highest BCUT2D eigenvalue weighted by Crippen LogP contribution is 2.20. The van der Waals surface area contributed by atoms with E-state index in [0.717, 1.165) is 6.42 Å². The highest BCUT2D eigenvalue weighted by Gasteiger charge is 2.06. The summed E-state index contributed by atoms with van der Waals surface area (Å²) in [7, 11) is 0. The molecule has 0 aromatic heterocycles. The van der Waals surface area contributed by atoms with Crippen LogP contribution in [0.15, 0.2) is 43.2 Å². The summed E-state index contributed by atoms with van der Waals surface area (Å²) in [6.45, 7) is 5.65. The molecule has 0 fully saturated rings. The lowest BCUT2D eigenvalue weighted by molar-refractivity contribution is 0.143. The van der Waals surface area contributed by atoms with Crippen molar-refractivity contribution in [1.29, 1.82) is 0 Å². The number of hydrogen-bond acceptors (Lipinski definition) is 1. The van der Waals surface area contributed by atoms with Gasteiger partial charge < -0.3 is 4.74 Å². The molecule has 0 saturated heterocycles. The molecule has 1 aromatic rings. The second kappa shape index (κ2) is 4.60. The molecule has 1 heteroatoms. The zero-order chi connectivity index (χ0) is 8.81. The Morgan fingerprint density at radius 1 is 1.42 bits per heavy atom. The minimum absolute atomic E-state index is 0.156. The van der Waals surface area contributed by atoms with Gasteiger partial charge in [0.1, 0.15) is 6.10 Å². The van der Waals surface area contributed by atoms with Crippen molar-refractivity contribution in [3.63, 3.8) is 0 Å². The van der Waals surface area contributed by atoms with Crippen LogP contribution in [0.2, 0.25) is 0 Å². The highest BCUT2D eigenvalue weighted by atomic mass is 16.5.